The molecule has 0 aromatic rings. The number of carbonyl (C=O) groups is 2. The number of alkyl carbamates (subject to hydrolysis) is 1. The molecule has 3 N–H and O–H groups in total. The quantitative estimate of drug-likeness (QED) is 0.662. The Labute approximate surface area is 121 Å². The maximum atomic E-state index is 12.2. The zero-order chi connectivity index (χ0) is 15.2. The molecule has 1 fully saturated rings. The Kier molecular flexibility index (Phi) is 5.80. The van der Waals surface area contributed by atoms with Gasteiger partial charge in [-0.15, -0.1) is 0 Å². The molecule has 20 heavy (non-hydrogen) atoms. The fraction of sp³-hybridized carbons (Fsp3) is 0.857. The molecule has 1 rings (SSSR count). The van der Waals surface area contributed by atoms with Gasteiger partial charge in [0.25, 0.3) is 0 Å². The van der Waals surface area contributed by atoms with Gasteiger partial charge in [0, 0.05) is 13.1 Å². The minimum atomic E-state index is -0.507. The van der Waals surface area contributed by atoms with Crippen molar-refractivity contribution in [1.82, 2.24) is 16.0 Å². The van der Waals surface area contributed by atoms with E-state index in [0.717, 1.165) is 25.7 Å². The average molecular weight is 285 g/mol. The van der Waals surface area contributed by atoms with Gasteiger partial charge in [0.2, 0.25) is 5.91 Å². The van der Waals surface area contributed by atoms with Crippen molar-refractivity contribution >= 4 is 12.0 Å². The van der Waals surface area contributed by atoms with Gasteiger partial charge in [0.1, 0.15) is 5.60 Å². The smallest absolute Gasteiger partial charge is 0.407 e. The zero-order valence-corrected chi connectivity index (χ0v) is 13.0. The Morgan fingerprint density at radius 3 is 2.15 bits per heavy atom. The van der Waals surface area contributed by atoms with Gasteiger partial charge in [-0.2, -0.15) is 0 Å². The first kappa shape index (κ1) is 16.8. The zero-order valence-electron chi connectivity index (χ0n) is 13.0. The topological polar surface area (TPSA) is 79.5 Å². The summed E-state index contributed by atoms with van der Waals surface area (Å²) >= 11 is 0. The normalized spacial score (nSPS) is 17.6. The average Bonchev–Trinajstić information content (AvgIpc) is 2.82. The number of ether oxygens (including phenoxy) is 1. The van der Waals surface area contributed by atoms with Gasteiger partial charge in [0.05, 0.1) is 5.54 Å². The van der Waals surface area contributed by atoms with Crippen LogP contribution < -0.4 is 16.0 Å². The highest BCUT2D eigenvalue weighted by Gasteiger charge is 2.39. The summed E-state index contributed by atoms with van der Waals surface area (Å²) in [5, 5.41) is 8.62. The fourth-order valence-electron chi connectivity index (χ4n) is 2.39. The molecule has 6 nitrogen and oxygen atoms in total. The Balaban J connectivity index is 2.24. The molecule has 0 radical (unpaired) electrons. The fourth-order valence-corrected chi connectivity index (χ4v) is 2.39. The highest BCUT2D eigenvalue weighted by Crippen LogP contribution is 2.29. The second-order valence-corrected chi connectivity index (χ2v) is 6.22. The van der Waals surface area contributed by atoms with E-state index in [0.29, 0.717) is 13.1 Å². The molecule has 6 heteroatoms. The highest BCUT2D eigenvalue weighted by atomic mass is 16.6. The lowest BCUT2D eigenvalue weighted by molar-refractivity contribution is -0.127. The summed E-state index contributed by atoms with van der Waals surface area (Å²) in [7, 11) is 1.82. The number of likely N-dealkylation sites (N-methyl/N-ethyl adjacent to an activating group) is 1. The van der Waals surface area contributed by atoms with E-state index in [4.69, 9.17) is 4.74 Å². The number of hydrogen-bond donors (Lipinski definition) is 3. The third kappa shape index (κ3) is 5.00. The van der Waals surface area contributed by atoms with Crippen LogP contribution in [0.5, 0.6) is 0 Å². The van der Waals surface area contributed by atoms with Gasteiger partial charge in [0.15, 0.2) is 0 Å². The van der Waals surface area contributed by atoms with Crippen LogP contribution >= 0.6 is 0 Å². The van der Waals surface area contributed by atoms with Crippen LogP contribution in [0, 0.1) is 0 Å². The SMILES string of the molecule is CNC1(C(=O)NCCNC(=O)OC(C)(C)C)CCCC1. The molecule has 0 atom stereocenters. The maximum Gasteiger partial charge on any atom is 0.407 e. The van der Waals surface area contributed by atoms with Gasteiger partial charge < -0.3 is 20.7 Å². The van der Waals surface area contributed by atoms with Crippen molar-refractivity contribution in [1.29, 1.82) is 0 Å². The summed E-state index contributed by atoms with van der Waals surface area (Å²) < 4.78 is 5.11. The molecule has 0 heterocycles. The van der Waals surface area contributed by atoms with Crippen molar-refractivity contribution in [3.05, 3.63) is 0 Å². The first-order valence-corrected chi connectivity index (χ1v) is 7.23. The molecule has 2 amide bonds. The van der Waals surface area contributed by atoms with Gasteiger partial charge in [-0.3, -0.25) is 4.79 Å². The predicted molar refractivity (Wildman–Crippen MR) is 77.5 cm³/mol. The van der Waals surface area contributed by atoms with Crippen molar-refractivity contribution in [2.24, 2.45) is 0 Å². The lowest BCUT2D eigenvalue weighted by Crippen LogP contribution is -2.54. The van der Waals surface area contributed by atoms with E-state index in [1.807, 2.05) is 27.8 Å². The third-order valence-corrected chi connectivity index (χ3v) is 3.45. The summed E-state index contributed by atoms with van der Waals surface area (Å²) in [5.74, 6) is 0.0171. The lowest BCUT2D eigenvalue weighted by Gasteiger charge is -2.27. The summed E-state index contributed by atoms with van der Waals surface area (Å²) in [5.41, 5.74) is -0.931. The van der Waals surface area contributed by atoms with Crippen LogP contribution in [0.15, 0.2) is 0 Å². The number of rotatable bonds is 5. The van der Waals surface area contributed by atoms with Gasteiger partial charge in [-0.1, -0.05) is 12.8 Å². The van der Waals surface area contributed by atoms with Crippen LogP contribution in [0.25, 0.3) is 0 Å². The van der Waals surface area contributed by atoms with Gasteiger partial charge in [-0.25, -0.2) is 4.79 Å². The monoisotopic (exact) mass is 285 g/mol. The van der Waals surface area contributed by atoms with Crippen LogP contribution in [-0.4, -0.2) is 43.3 Å². The Morgan fingerprint density at radius 1 is 1.10 bits per heavy atom. The van der Waals surface area contributed by atoms with E-state index < -0.39 is 17.2 Å². The second-order valence-electron chi connectivity index (χ2n) is 6.22. The Bertz CT molecular complexity index is 344. The van der Waals surface area contributed by atoms with Crippen LogP contribution in [0.3, 0.4) is 0 Å². The molecule has 116 valence electrons. The number of hydrogen-bond acceptors (Lipinski definition) is 4. The molecule has 1 aliphatic rings. The summed E-state index contributed by atoms with van der Waals surface area (Å²) in [6, 6.07) is 0. The molecule has 0 aromatic heterocycles. The molecule has 0 unspecified atom stereocenters. The van der Waals surface area contributed by atoms with E-state index >= 15 is 0 Å². The number of amides is 2. The van der Waals surface area contributed by atoms with Crippen molar-refractivity contribution in [2.45, 2.75) is 57.6 Å². The third-order valence-electron chi connectivity index (χ3n) is 3.45. The summed E-state index contributed by atoms with van der Waals surface area (Å²) in [6.07, 6.45) is 3.43. The lowest BCUT2D eigenvalue weighted by atomic mass is 9.97. The standard InChI is InChI=1S/C14H27N3O3/c1-13(2,3)20-12(19)17-10-9-16-11(18)14(15-4)7-5-6-8-14/h15H,5-10H2,1-4H3,(H,16,18)(H,17,19). The molecule has 1 aliphatic carbocycles. The molecule has 0 aromatic carbocycles. The van der Waals surface area contributed by atoms with Crippen molar-refractivity contribution in [3.63, 3.8) is 0 Å². The molecule has 0 saturated heterocycles. The molecule has 1 saturated carbocycles. The number of nitrogens with one attached hydrogen (secondary N) is 3. The predicted octanol–water partition coefficient (Wildman–Crippen LogP) is 1.16. The maximum absolute atomic E-state index is 12.2. The first-order valence-electron chi connectivity index (χ1n) is 7.23. The van der Waals surface area contributed by atoms with Crippen molar-refractivity contribution in [3.8, 4) is 0 Å². The van der Waals surface area contributed by atoms with E-state index in [2.05, 4.69) is 16.0 Å². The molecule has 0 bridgehead atoms. The molecular formula is C14H27N3O3. The summed E-state index contributed by atoms with van der Waals surface area (Å²) in [4.78, 5) is 23.6. The van der Waals surface area contributed by atoms with Gasteiger partial charge >= 0.3 is 6.09 Å². The van der Waals surface area contributed by atoms with Gasteiger partial charge in [-0.05, 0) is 40.7 Å². The second kappa shape index (κ2) is 6.92. The van der Waals surface area contributed by atoms with Crippen molar-refractivity contribution < 1.29 is 14.3 Å². The summed E-state index contributed by atoms with van der Waals surface area (Å²) in [6.45, 7) is 6.20. The van der Waals surface area contributed by atoms with Crippen LogP contribution in [0.2, 0.25) is 0 Å². The van der Waals surface area contributed by atoms with E-state index in [-0.39, 0.29) is 5.91 Å². The first-order chi connectivity index (χ1) is 9.29. The highest BCUT2D eigenvalue weighted by molar-refractivity contribution is 5.86. The minimum Gasteiger partial charge on any atom is -0.444 e. The van der Waals surface area contributed by atoms with Crippen LogP contribution in [0.1, 0.15) is 46.5 Å². The molecule has 0 spiro atoms. The van der Waals surface area contributed by atoms with E-state index in [1.165, 1.54) is 0 Å². The van der Waals surface area contributed by atoms with Crippen LogP contribution in [0.4, 0.5) is 4.79 Å². The molecular weight excluding hydrogens is 258 g/mol. The Hall–Kier alpha value is -1.30. The van der Waals surface area contributed by atoms with Crippen LogP contribution in [-0.2, 0) is 9.53 Å². The van der Waals surface area contributed by atoms with Crippen molar-refractivity contribution in [2.75, 3.05) is 20.1 Å². The minimum absolute atomic E-state index is 0.0171. The largest absolute Gasteiger partial charge is 0.444 e. The Morgan fingerprint density at radius 2 is 1.65 bits per heavy atom. The van der Waals surface area contributed by atoms with E-state index in [1.54, 1.807) is 0 Å². The number of carbonyl (C=O) groups excluding carboxylic acids is 2. The van der Waals surface area contributed by atoms with E-state index in [9.17, 15) is 9.59 Å². The molecule has 0 aliphatic heterocycles.